The number of nitrogens with one attached hydrogen (secondary N) is 1. The number of carbonyl (C=O) groups is 1. The van der Waals surface area contributed by atoms with Gasteiger partial charge in [-0.3, -0.25) is 4.79 Å². The van der Waals surface area contributed by atoms with Gasteiger partial charge in [-0.05, 0) is 19.8 Å². The molecule has 0 aromatic heterocycles. The highest BCUT2D eigenvalue weighted by Crippen LogP contribution is 2.15. The van der Waals surface area contributed by atoms with Gasteiger partial charge in [0.15, 0.2) is 5.75 Å². The van der Waals surface area contributed by atoms with Gasteiger partial charge >= 0.3 is 5.97 Å². The summed E-state index contributed by atoms with van der Waals surface area (Å²) in [6.07, 6.45) is 0.893. The van der Waals surface area contributed by atoms with Crippen LogP contribution in [0.2, 0.25) is 0 Å². The highest BCUT2D eigenvalue weighted by molar-refractivity contribution is 7.90. The minimum atomic E-state index is -3.78. The van der Waals surface area contributed by atoms with Crippen LogP contribution in [0.5, 0.6) is 0 Å². The van der Waals surface area contributed by atoms with Crippen LogP contribution in [-0.2, 0) is 19.6 Å². The molecule has 0 aromatic rings. The average Bonchev–Trinajstić information content (AvgIpc) is 2.25. The van der Waals surface area contributed by atoms with Crippen LogP contribution in [0.15, 0.2) is 0 Å². The van der Waals surface area contributed by atoms with E-state index in [0.717, 1.165) is 0 Å². The lowest BCUT2D eigenvalue weighted by molar-refractivity contribution is -0.139. The molecule has 0 saturated carbocycles. The Bertz CT molecular complexity index is 326. The van der Waals surface area contributed by atoms with E-state index in [1.54, 1.807) is 20.8 Å². The van der Waals surface area contributed by atoms with Crippen LogP contribution in [0.3, 0.4) is 0 Å². The van der Waals surface area contributed by atoms with Gasteiger partial charge in [-0.1, -0.05) is 13.8 Å². The molecule has 7 heteroatoms. The lowest BCUT2D eigenvalue weighted by atomic mass is 9.96. The maximum Gasteiger partial charge on any atom is 0.322 e. The molecule has 0 aliphatic heterocycles. The smallest absolute Gasteiger partial charge is 0.322 e. The van der Waals surface area contributed by atoms with Crippen molar-refractivity contribution in [3.05, 3.63) is 0 Å². The summed E-state index contributed by atoms with van der Waals surface area (Å²) in [5.41, 5.74) is -0.897. The summed E-state index contributed by atoms with van der Waals surface area (Å²) < 4.78 is 30.3. The Morgan fingerprint density at radius 2 is 1.82 bits per heavy atom. The summed E-state index contributed by atoms with van der Waals surface area (Å²) in [4.78, 5) is 11.1. The van der Waals surface area contributed by atoms with Crippen molar-refractivity contribution in [2.24, 2.45) is 0 Å². The Morgan fingerprint density at radius 1 is 1.29 bits per heavy atom. The number of carbonyl (C=O) groups excluding carboxylic acids is 1. The SMILES string of the molecule is CCOC(=O)CS(=O)(=O)NC(CC)(CC)CO. The van der Waals surface area contributed by atoms with E-state index in [0.29, 0.717) is 12.8 Å². The normalized spacial score (nSPS) is 12.5. The van der Waals surface area contributed by atoms with Gasteiger partial charge in [0.1, 0.15) is 0 Å². The van der Waals surface area contributed by atoms with Crippen LogP contribution in [-0.4, -0.2) is 44.0 Å². The van der Waals surface area contributed by atoms with Crippen molar-refractivity contribution in [1.82, 2.24) is 4.72 Å². The van der Waals surface area contributed by atoms with E-state index >= 15 is 0 Å². The largest absolute Gasteiger partial charge is 0.465 e. The summed E-state index contributed by atoms with van der Waals surface area (Å²) >= 11 is 0. The van der Waals surface area contributed by atoms with E-state index in [1.807, 2.05) is 0 Å². The minimum absolute atomic E-state index is 0.140. The highest BCUT2D eigenvalue weighted by atomic mass is 32.2. The second-order valence-corrected chi connectivity index (χ2v) is 5.53. The summed E-state index contributed by atoms with van der Waals surface area (Å²) in [6.45, 7) is 4.98. The zero-order chi connectivity index (χ0) is 13.5. The number of sulfonamides is 1. The Morgan fingerprint density at radius 3 is 2.18 bits per heavy atom. The molecule has 0 bridgehead atoms. The number of aliphatic hydroxyl groups excluding tert-OH is 1. The number of esters is 1. The molecule has 0 heterocycles. The van der Waals surface area contributed by atoms with Crippen molar-refractivity contribution in [3.8, 4) is 0 Å². The summed E-state index contributed by atoms with van der Waals surface area (Å²) in [6, 6.07) is 0. The van der Waals surface area contributed by atoms with Crippen molar-refractivity contribution >= 4 is 16.0 Å². The van der Waals surface area contributed by atoms with E-state index in [2.05, 4.69) is 9.46 Å². The molecule has 0 rings (SSSR count). The first-order valence-corrected chi connectivity index (χ1v) is 7.28. The molecule has 2 N–H and O–H groups in total. The minimum Gasteiger partial charge on any atom is -0.465 e. The third-order valence-electron chi connectivity index (χ3n) is 2.64. The Kier molecular flexibility index (Phi) is 6.66. The van der Waals surface area contributed by atoms with Gasteiger partial charge in [-0.25, -0.2) is 13.1 Å². The first-order valence-electron chi connectivity index (χ1n) is 5.62. The van der Waals surface area contributed by atoms with Crippen molar-refractivity contribution in [3.63, 3.8) is 0 Å². The van der Waals surface area contributed by atoms with Crippen LogP contribution in [0.1, 0.15) is 33.6 Å². The van der Waals surface area contributed by atoms with Gasteiger partial charge in [-0.15, -0.1) is 0 Å². The average molecular weight is 267 g/mol. The van der Waals surface area contributed by atoms with Crippen LogP contribution < -0.4 is 4.72 Å². The maximum atomic E-state index is 11.7. The lowest BCUT2D eigenvalue weighted by Crippen LogP contribution is -2.51. The fraction of sp³-hybridized carbons (Fsp3) is 0.900. The molecule has 6 nitrogen and oxygen atoms in total. The Hall–Kier alpha value is -0.660. The predicted octanol–water partition coefficient (Wildman–Crippen LogP) is 0.0200. The van der Waals surface area contributed by atoms with E-state index < -0.39 is 27.3 Å². The van der Waals surface area contributed by atoms with Crippen molar-refractivity contribution < 1.29 is 23.1 Å². The van der Waals surface area contributed by atoms with Crippen molar-refractivity contribution in [2.75, 3.05) is 19.0 Å². The first-order chi connectivity index (χ1) is 7.84. The van der Waals surface area contributed by atoms with Crippen LogP contribution in [0.4, 0.5) is 0 Å². The van der Waals surface area contributed by atoms with Crippen LogP contribution in [0.25, 0.3) is 0 Å². The Labute approximate surface area is 102 Å². The molecule has 0 aromatic carbocycles. The van der Waals surface area contributed by atoms with Gasteiger partial charge in [0.05, 0.1) is 18.8 Å². The zero-order valence-corrected chi connectivity index (χ0v) is 11.3. The van der Waals surface area contributed by atoms with Gasteiger partial charge < -0.3 is 9.84 Å². The second-order valence-electron chi connectivity index (χ2n) is 3.81. The highest BCUT2D eigenvalue weighted by Gasteiger charge is 2.31. The number of rotatable bonds is 8. The summed E-state index contributed by atoms with van der Waals surface area (Å²) in [7, 11) is -3.78. The topological polar surface area (TPSA) is 92.7 Å². The lowest BCUT2D eigenvalue weighted by Gasteiger charge is -2.29. The summed E-state index contributed by atoms with van der Waals surface area (Å²) in [5, 5.41) is 9.23. The standard InChI is InChI=1S/C10H21NO5S/c1-4-10(5-2,8-12)11-17(14,15)7-9(13)16-6-3/h11-12H,4-8H2,1-3H3. The predicted molar refractivity (Wildman–Crippen MR) is 64.0 cm³/mol. The van der Waals surface area contributed by atoms with E-state index in [9.17, 15) is 18.3 Å². The molecule has 0 aliphatic rings. The maximum absolute atomic E-state index is 11.7. The Balaban J connectivity index is 4.68. The fourth-order valence-electron chi connectivity index (χ4n) is 1.37. The molecule has 0 saturated heterocycles. The van der Waals surface area contributed by atoms with Crippen molar-refractivity contribution in [2.45, 2.75) is 39.2 Å². The third kappa shape index (κ3) is 5.47. The monoisotopic (exact) mass is 267 g/mol. The third-order valence-corrected chi connectivity index (χ3v) is 4.00. The quantitative estimate of drug-likeness (QED) is 0.605. The molecule has 0 spiro atoms. The number of hydrogen-bond donors (Lipinski definition) is 2. The fourth-order valence-corrected chi connectivity index (χ4v) is 2.85. The molecule has 0 aliphatic carbocycles. The molecule has 102 valence electrons. The first kappa shape index (κ1) is 16.3. The molecular formula is C10H21NO5S. The van der Waals surface area contributed by atoms with Gasteiger partial charge in [-0.2, -0.15) is 0 Å². The van der Waals surface area contributed by atoms with E-state index in [-0.39, 0.29) is 13.2 Å². The van der Waals surface area contributed by atoms with E-state index in [4.69, 9.17) is 0 Å². The molecule has 0 fully saturated rings. The number of aliphatic hydroxyl groups is 1. The second kappa shape index (κ2) is 6.93. The molecular weight excluding hydrogens is 246 g/mol. The number of ether oxygens (including phenoxy) is 1. The number of hydrogen-bond acceptors (Lipinski definition) is 5. The van der Waals surface area contributed by atoms with E-state index in [1.165, 1.54) is 0 Å². The zero-order valence-electron chi connectivity index (χ0n) is 10.5. The molecule has 0 radical (unpaired) electrons. The van der Waals surface area contributed by atoms with Crippen LogP contribution >= 0.6 is 0 Å². The van der Waals surface area contributed by atoms with Gasteiger partial charge in [0, 0.05) is 0 Å². The van der Waals surface area contributed by atoms with Crippen molar-refractivity contribution in [1.29, 1.82) is 0 Å². The van der Waals surface area contributed by atoms with Crippen LogP contribution in [0, 0.1) is 0 Å². The van der Waals surface area contributed by atoms with Gasteiger partial charge in [0.25, 0.3) is 0 Å². The molecule has 17 heavy (non-hydrogen) atoms. The summed E-state index contributed by atoms with van der Waals surface area (Å²) in [5.74, 6) is -1.51. The molecule has 0 amide bonds. The molecule has 0 atom stereocenters. The van der Waals surface area contributed by atoms with Gasteiger partial charge in [0.2, 0.25) is 10.0 Å². The molecule has 0 unspecified atom stereocenters.